The standard InChI is InChI=1S/C13H26N2O3/c1-3-17-7-5-15(6-8-18-4-2)13(16)9-12-10-14-11-12/h12,14H,3-11H2,1-2H3. The smallest absolute Gasteiger partial charge is 0.223 e. The molecule has 0 aliphatic carbocycles. The van der Waals surface area contributed by atoms with Gasteiger partial charge in [0.1, 0.15) is 0 Å². The van der Waals surface area contributed by atoms with Crippen LogP contribution in [0, 0.1) is 5.92 Å². The van der Waals surface area contributed by atoms with E-state index in [1.807, 2.05) is 18.7 Å². The quantitative estimate of drug-likeness (QED) is 0.580. The first-order valence-corrected chi connectivity index (χ1v) is 6.91. The van der Waals surface area contributed by atoms with Gasteiger partial charge in [0.2, 0.25) is 5.91 Å². The van der Waals surface area contributed by atoms with E-state index in [1.54, 1.807) is 0 Å². The van der Waals surface area contributed by atoms with E-state index in [2.05, 4.69) is 5.32 Å². The first-order chi connectivity index (χ1) is 8.77. The first kappa shape index (κ1) is 15.4. The van der Waals surface area contributed by atoms with Crippen LogP contribution >= 0.6 is 0 Å². The summed E-state index contributed by atoms with van der Waals surface area (Å²) in [5, 5.41) is 3.19. The van der Waals surface area contributed by atoms with E-state index in [0.717, 1.165) is 13.1 Å². The minimum atomic E-state index is 0.223. The van der Waals surface area contributed by atoms with Gasteiger partial charge in [-0.3, -0.25) is 4.79 Å². The van der Waals surface area contributed by atoms with Crippen LogP contribution in [0.5, 0.6) is 0 Å². The number of nitrogens with one attached hydrogen (secondary N) is 1. The summed E-state index contributed by atoms with van der Waals surface area (Å²) >= 11 is 0. The highest BCUT2D eigenvalue weighted by atomic mass is 16.5. The minimum absolute atomic E-state index is 0.223. The number of nitrogens with zero attached hydrogens (tertiary/aromatic N) is 1. The van der Waals surface area contributed by atoms with Crippen molar-refractivity contribution in [3.8, 4) is 0 Å². The Morgan fingerprint density at radius 2 is 1.72 bits per heavy atom. The summed E-state index contributed by atoms with van der Waals surface area (Å²) in [4.78, 5) is 14.0. The number of ether oxygens (including phenoxy) is 2. The van der Waals surface area contributed by atoms with E-state index in [1.165, 1.54) is 0 Å². The molecule has 1 fully saturated rings. The van der Waals surface area contributed by atoms with Crippen LogP contribution in [0.1, 0.15) is 20.3 Å². The molecule has 18 heavy (non-hydrogen) atoms. The molecule has 1 aliphatic rings. The molecule has 106 valence electrons. The van der Waals surface area contributed by atoms with E-state index >= 15 is 0 Å². The van der Waals surface area contributed by atoms with E-state index in [-0.39, 0.29) is 5.91 Å². The number of hydrogen-bond donors (Lipinski definition) is 1. The monoisotopic (exact) mass is 258 g/mol. The number of carbonyl (C=O) groups is 1. The van der Waals surface area contributed by atoms with Crippen LogP contribution in [0.3, 0.4) is 0 Å². The van der Waals surface area contributed by atoms with Crippen LogP contribution in [0.2, 0.25) is 0 Å². The lowest BCUT2D eigenvalue weighted by atomic mass is 9.99. The predicted molar refractivity (Wildman–Crippen MR) is 70.5 cm³/mol. The lowest BCUT2D eigenvalue weighted by molar-refractivity contribution is -0.134. The van der Waals surface area contributed by atoms with Crippen molar-refractivity contribution in [3.63, 3.8) is 0 Å². The Balaban J connectivity index is 2.27. The van der Waals surface area contributed by atoms with Crippen molar-refractivity contribution >= 4 is 5.91 Å². The zero-order valence-electron chi connectivity index (χ0n) is 11.6. The first-order valence-electron chi connectivity index (χ1n) is 6.91. The normalized spacial score (nSPS) is 15.4. The van der Waals surface area contributed by atoms with Gasteiger partial charge in [-0.2, -0.15) is 0 Å². The van der Waals surface area contributed by atoms with Gasteiger partial charge in [-0.25, -0.2) is 0 Å². The molecule has 5 heteroatoms. The molecule has 0 atom stereocenters. The molecule has 0 aromatic rings. The number of carbonyl (C=O) groups excluding carboxylic acids is 1. The summed E-state index contributed by atoms with van der Waals surface area (Å²) in [6.45, 7) is 9.81. The van der Waals surface area contributed by atoms with Gasteiger partial charge in [0.15, 0.2) is 0 Å². The van der Waals surface area contributed by atoms with Gasteiger partial charge in [0.05, 0.1) is 13.2 Å². The number of amides is 1. The molecule has 1 rings (SSSR count). The van der Waals surface area contributed by atoms with Crippen LogP contribution < -0.4 is 5.32 Å². The third-order valence-corrected chi connectivity index (χ3v) is 3.10. The van der Waals surface area contributed by atoms with Gasteiger partial charge in [-0.05, 0) is 32.9 Å². The molecule has 1 saturated heterocycles. The van der Waals surface area contributed by atoms with Crippen molar-refractivity contribution in [2.75, 3.05) is 52.6 Å². The van der Waals surface area contributed by atoms with Gasteiger partial charge in [0, 0.05) is 32.7 Å². The highest BCUT2D eigenvalue weighted by Gasteiger charge is 2.23. The maximum atomic E-state index is 12.1. The third kappa shape index (κ3) is 5.80. The van der Waals surface area contributed by atoms with Crippen molar-refractivity contribution in [2.24, 2.45) is 5.92 Å². The molecule has 0 radical (unpaired) electrons. The van der Waals surface area contributed by atoms with Crippen LogP contribution in [-0.2, 0) is 14.3 Å². The summed E-state index contributed by atoms with van der Waals surface area (Å²) in [5.74, 6) is 0.736. The fourth-order valence-electron chi connectivity index (χ4n) is 1.87. The molecule has 0 unspecified atom stereocenters. The van der Waals surface area contributed by atoms with Gasteiger partial charge in [-0.15, -0.1) is 0 Å². The van der Waals surface area contributed by atoms with Crippen molar-refractivity contribution in [3.05, 3.63) is 0 Å². The van der Waals surface area contributed by atoms with Crippen molar-refractivity contribution in [2.45, 2.75) is 20.3 Å². The van der Waals surface area contributed by atoms with Gasteiger partial charge < -0.3 is 19.7 Å². The van der Waals surface area contributed by atoms with E-state index in [9.17, 15) is 4.79 Å². The topological polar surface area (TPSA) is 50.8 Å². The number of rotatable bonds is 10. The molecule has 1 heterocycles. The molecule has 0 saturated carbocycles. The Bertz CT molecular complexity index is 222. The van der Waals surface area contributed by atoms with Gasteiger partial charge >= 0.3 is 0 Å². The molecule has 0 aromatic heterocycles. The second-order valence-corrected chi connectivity index (χ2v) is 4.50. The van der Waals surface area contributed by atoms with Gasteiger partial charge in [0.25, 0.3) is 0 Å². The van der Waals surface area contributed by atoms with Gasteiger partial charge in [-0.1, -0.05) is 0 Å². The average molecular weight is 258 g/mol. The highest BCUT2D eigenvalue weighted by molar-refractivity contribution is 5.76. The molecule has 5 nitrogen and oxygen atoms in total. The fraction of sp³-hybridized carbons (Fsp3) is 0.923. The molecule has 0 aromatic carbocycles. The van der Waals surface area contributed by atoms with Crippen LogP contribution in [0.15, 0.2) is 0 Å². The maximum Gasteiger partial charge on any atom is 0.223 e. The Hall–Kier alpha value is -0.650. The number of hydrogen-bond acceptors (Lipinski definition) is 4. The lowest BCUT2D eigenvalue weighted by Gasteiger charge is -2.30. The van der Waals surface area contributed by atoms with Crippen LogP contribution in [0.25, 0.3) is 0 Å². The Kier molecular flexibility index (Phi) is 7.96. The summed E-state index contributed by atoms with van der Waals surface area (Å²) in [6.07, 6.45) is 0.644. The Morgan fingerprint density at radius 3 is 2.11 bits per heavy atom. The highest BCUT2D eigenvalue weighted by Crippen LogP contribution is 2.10. The van der Waals surface area contributed by atoms with Crippen LogP contribution in [-0.4, -0.2) is 63.4 Å². The van der Waals surface area contributed by atoms with Crippen LogP contribution in [0.4, 0.5) is 0 Å². The molecule has 1 aliphatic heterocycles. The largest absolute Gasteiger partial charge is 0.380 e. The third-order valence-electron chi connectivity index (χ3n) is 3.10. The lowest BCUT2D eigenvalue weighted by Crippen LogP contribution is -2.46. The van der Waals surface area contributed by atoms with Crippen molar-refractivity contribution < 1.29 is 14.3 Å². The van der Waals surface area contributed by atoms with Crippen molar-refractivity contribution in [1.29, 1.82) is 0 Å². The second-order valence-electron chi connectivity index (χ2n) is 4.50. The van der Waals surface area contributed by atoms with Crippen molar-refractivity contribution in [1.82, 2.24) is 10.2 Å². The molecule has 1 N–H and O–H groups in total. The molecule has 0 bridgehead atoms. The Morgan fingerprint density at radius 1 is 1.17 bits per heavy atom. The summed E-state index contributed by atoms with van der Waals surface area (Å²) in [7, 11) is 0. The SMILES string of the molecule is CCOCCN(CCOCC)C(=O)CC1CNC1. The molecule has 1 amide bonds. The fourth-order valence-corrected chi connectivity index (χ4v) is 1.87. The van der Waals surface area contributed by atoms with E-state index in [0.29, 0.717) is 51.9 Å². The van der Waals surface area contributed by atoms with E-state index in [4.69, 9.17) is 9.47 Å². The molecule has 0 spiro atoms. The van der Waals surface area contributed by atoms with E-state index < -0.39 is 0 Å². The summed E-state index contributed by atoms with van der Waals surface area (Å²) in [6, 6.07) is 0. The molecular weight excluding hydrogens is 232 g/mol. The zero-order valence-corrected chi connectivity index (χ0v) is 11.6. The minimum Gasteiger partial charge on any atom is -0.380 e. The summed E-state index contributed by atoms with van der Waals surface area (Å²) < 4.78 is 10.6. The Labute approximate surface area is 110 Å². The average Bonchev–Trinajstić information content (AvgIpc) is 2.32. The maximum absolute atomic E-state index is 12.1. The molecular formula is C13H26N2O3. The predicted octanol–water partition coefficient (Wildman–Crippen LogP) is 0.498. The second kappa shape index (κ2) is 9.30. The zero-order chi connectivity index (χ0) is 13.2. The summed E-state index contributed by atoms with van der Waals surface area (Å²) in [5.41, 5.74) is 0.